The van der Waals surface area contributed by atoms with Crippen molar-refractivity contribution in [1.82, 2.24) is 10.2 Å². The van der Waals surface area contributed by atoms with Crippen molar-refractivity contribution in [2.75, 3.05) is 4.90 Å². The molecule has 2 aromatic carbocycles. The van der Waals surface area contributed by atoms with E-state index in [2.05, 4.69) is 28.1 Å². The lowest BCUT2D eigenvalue weighted by Gasteiger charge is -2.25. The molecule has 0 spiro atoms. The van der Waals surface area contributed by atoms with E-state index in [0.717, 1.165) is 23.0 Å². The number of fused-ring (bicyclic) bond motifs is 1. The standard InChI is InChI=1S/C17H15N3O.C3H5F2NO/c21-17-9-8-16(12-4-2-1-3-5-12)20(17)14-6-7-15-13(10-14)11-18-19-15;1-3(4,5)2(6)7/h1-7,10-11,16H,8-9H2,(H,18,19);1H3,(H2,6,7). The van der Waals surface area contributed by atoms with Crippen LogP contribution in [0.4, 0.5) is 14.5 Å². The summed E-state index contributed by atoms with van der Waals surface area (Å²) >= 11 is 0. The van der Waals surface area contributed by atoms with Gasteiger partial charge in [0, 0.05) is 24.4 Å². The molecular weight excluding hydrogens is 366 g/mol. The van der Waals surface area contributed by atoms with E-state index in [1.165, 1.54) is 5.56 Å². The topological polar surface area (TPSA) is 92.1 Å². The van der Waals surface area contributed by atoms with E-state index in [0.29, 0.717) is 13.3 Å². The molecule has 6 nitrogen and oxygen atoms in total. The van der Waals surface area contributed by atoms with E-state index in [-0.39, 0.29) is 11.9 Å². The van der Waals surface area contributed by atoms with E-state index in [9.17, 15) is 18.4 Å². The van der Waals surface area contributed by atoms with Crippen LogP contribution in [0.1, 0.15) is 31.4 Å². The van der Waals surface area contributed by atoms with Crippen LogP contribution in [0.2, 0.25) is 0 Å². The second-order valence-corrected chi connectivity index (χ2v) is 6.62. The van der Waals surface area contributed by atoms with Gasteiger partial charge < -0.3 is 10.6 Å². The first-order chi connectivity index (χ1) is 13.3. The van der Waals surface area contributed by atoms with E-state index < -0.39 is 11.8 Å². The zero-order valence-corrected chi connectivity index (χ0v) is 15.2. The summed E-state index contributed by atoms with van der Waals surface area (Å²) in [6.45, 7) is 0.454. The number of halogens is 2. The third-order valence-electron chi connectivity index (χ3n) is 4.53. The number of nitrogens with two attached hydrogens (primary N) is 1. The molecule has 1 saturated heterocycles. The summed E-state index contributed by atoms with van der Waals surface area (Å²) in [5.74, 6) is -4.76. The number of carbonyl (C=O) groups excluding carboxylic acids is 2. The zero-order chi connectivity index (χ0) is 20.3. The Balaban J connectivity index is 0.000000279. The van der Waals surface area contributed by atoms with Gasteiger partial charge in [0.25, 0.3) is 5.91 Å². The molecule has 28 heavy (non-hydrogen) atoms. The molecule has 2 heterocycles. The average Bonchev–Trinajstić information content (AvgIpc) is 3.27. The summed E-state index contributed by atoms with van der Waals surface area (Å²) in [5, 5.41) is 8.00. The van der Waals surface area contributed by atoms with Crippen molar-refractivity contribution in [3.8, 4) is 0 Å². The quantitative estimate of drug-likeness (QED) is 0.721. The van der Waals surface area contributed by atoms with Crippen molar-refractivity contribution in [2.45, 2.75) is 31.7 Å². The number of amides is 2. The fraction of sp³-hybridized carbons (Fsp3) is 0.250. The number of nitrogens with one attached hydrogen (secondary N) is 1. The van der Waals surface area contributed by atoms with Crippen molar-refractivity contribution in [2.24, 2.45) is 5.73 Å². The highest BCUT2D eigenvalue weighted by Gasteiger charge is 2.33. The number of benzene rings is 2. The van der Waals surface area contributed by atoms with Gasteiger partial charge in [0.1, 0.15) is 0 Å². The lowest BCUT2D eigenvalue weighted by Crippen LogP contribution is -2.31. The highest BCUT2D eigenvalue weighted by atomic mass is 19.3. The molecule has 0 radical (unpaired) electrons. The van der Waals surface area contributed by atoms with Crippen LogP contribution in [0.25, 0.3) is 10.9 Å². The van der Waals surface area contributed by atoms with Gasteiger partial charge in [-0.25, -0.2) is 0 Å². The number of aromatic nitrogens is 2. The number of rotatable bonds is 3. The first-order valence-electron chi connectivity index (χ1n) is 8.75. The van der Waals surface area contributed by atoms with Crippen LogP contribution in [-0.4, -0.2) is 27.9 Å². The van der Waals surface area contributed by atoms with Gasteiger partial charge in [0.05, 0.1) is 17.8 Å². The molecule has 1 unspecified atom stereocenters. The van der Waals surface area contributed by atoms with Gasteiger partial charge in [-0.2, -0.15) is 13.9 Å². The molecule has 2 amide bonds. The molecule has 3 aromatic rings. The highest BCUT2D eigenvalue weighted by molar-refractivity contribution is 5.98. The van der Waals surface area contributed by atoms with Crippen LogP contribution in [0.5, 0.6) is 0 Å². The summed E-state index contributed by atoms with van der Waals surface area (Å²) in [6.07, 6.45) is 3.26. The maximum atomic E-state index is 12.3. The molecular formula is C20H20F2N4O2. The van der Waals surface area contributed by atoms with Crippen molar-refractivity contribution in [3.63, 3.8) is 0 Å². The van der Waals surface area contributed by atoms with Gasteiger partial charge >= 0.3 is 5.92 Å². The van der Waals surface area contributed by atoms with Gasteiger partial charge in [-0.3, -0.25) is 14.7 Å². The number of hydrogen-bond donors (Lipinski definition) is 2. The lowest BCUT2D eigenvalue weighted by molar-refractivity contribution is -0.139. The number of nitrogens with zero attached hydrogens (tertiary/aromatic N) is 2. The summed E-state index contributed by atoms with van der Waals surface area (Å²) in [5.41, 5.74) is 7.30. The van der Waals surface area contributed by atoms with Crippen LogP contribution in [-0.2, 0) is 9.59 Å². The SMILES string of the molecule is CC(F)(F)C(N)=O.O=C1CCC(c2ccccc2)N1c1ccc2[nH]ncc2c1. The maximum absolute atomic E-state index is 12.3. The predicted molar refractivity (Wildman–Crippen MR) is 102 cm³/mol. The number of primary amides is 1. The number of hydrogen-bond acceptors (Lipinski definition) is 3. The second kappa shape index (κ2) is 7.75. The van der Waals surface area contributed by atoms with E-state index >= 15 is 0 Å². The molecule has 4 rings (SSSR count). The zero-order valence-electron chi connectivity index (χ0n) is 15.2. The lowest BCUT2D eigenvalue weighted by atomic mass is 10.0. The van der Waals surface area contributed by atoms with Gasteiger partial charge in [-0.15, -0.1) is 0 Å². The van der Waals surface area contributed by atoms with Gasteiger partial charge in [0.2, 0.25) is 5.91 Å². The Labute approximate surface area is 160 Å². The van der Waals surface area contributed by atoms with E-state index in [4.69, 9.17) is 0 Å². The molecule has 0 saturated carbocycles. The smallest absolute Gasteiger partial charge is 0.321 e. The fourth-order valence-corrected chi connectivity index (χ4v) is 3.08. The minimum atomic E-state index is -3.36. The van der Waals surface area contributed by atoms with Crippen LogP contribution < -0.4 is 10.6 Å². The molecule has 1 aromatic heterocycles. The third-order valence-corrected chi connectivity index (χ3v) is 4.53. The third kappa shape index (κ3) is 4.16. The molecule has 3 N–H and O–H groups in total. The van der Waals surface area contributed by atoms with Crippen molar-refractivity contribution < 1.29 is 18.4 Å². The molecule has 0 bridgehead atoms. The highest BCUT2D eigenvalue weighted by Crippen LogP contribution is 2.37. The van der Waals surface area contributed by atoms with Crippen molar-refractivity contribution in [1.29, 1.82) is 0 Å². The van der Waals surface area contributed by atoms with Crippen LogP contribution in [0.15, 0.2) is 54.7 Å². The molecule has 1 aliphatic rings. The number of carbonyl (C=O) groups is 2. The summed E-state index contributed by atoms with van der Waals surface area (Å²) < 4.78 is 22.7. The van der Waals surface area contributed by atoms with Gasteiger partial charge in [0.15, 0.2) is 0 Å². The molecule has 0 aliphatic carbocycles. The first-order valence-corrected chi connectivity index (χ1v) is 8.75. The second-order valence-electron chi connectivity index (χ2n) is 6.62. The van der Waals surface area contributed by atoms with Crippen LogP contribution in [0.3, 0.4) is 0 Å². The van der Waals surface area contributed by atoms with Gasteiger partial charge in [-0.1, -0.05) is 30.3 Å². The summed E-state index contributed by atoms with van der Waals surface area (Å²) in [6, 6.07) is 16.3. The Morgan fingerprint density at radius 1 is 1.25 bits per heavy atom. The van der Waals surface area contributed by atoms with Crippen LogP contribution in [0, 0.1) is 0 Å². The number of alkyl halides is 2. The largest absolute Gasteiger partial charge is 0.364 e. The molecule has 8 heteroatoms. The fourth-order valence-electron chi connectivity index (χ4n) is 3.08. The Morgan fingerprint density at radius 2 is 1.93 bits per heavy atom. The van der Waals surface area contributed by atoms with E-state index in [1.54, 1.807) is 6.20 Å². The Bertz CT molecular complexity index is 983. The minimum absolute atomic E-state index is 0.128. The molecule has 146 valence electrons. The number of aromatic amines is 1. The first kappa shape index (κ1) is 19.5. The van der Waals surface area contributed by atoms with E-state index in [1.807, 2.05) is 41.3 Å². The predicted octanol–water partition coefficient (Wildman–Crippen LogP) is 3.56. The Morgan fingerprint density at radius 3 is 2.57 bits per heavy atom. The maximum Gasteiger partial charge on any atom is 0.321 e. The van der Waals surface area contributed by atoms with Crippen molar-refractivity contribution >= 4 is 28.4 Å². The van der Waals surface area contributed by atoms with Gasteiger partial charge in [-0.05, 0) is 30.2 Å². The Hall–Kier alpha value is -3.29. The number of H-pyrrole nitrogens is 1. The minimum Gasteiger partial charge on any atom is -0.364 e. The molecule has 1 atom stereocenters. The Kier molecular flexibility index (Phi) is 5.39. The normalized spacial score (nSPS) is 16.8. The summed E-state index contributed by atoms with van der Waals surface area (Å²) in [7, 11) is 0. The number of anilines is 1. The molecule has 1 aliphatic heterocycles. The molecule has 1 fully saturated rings. The van der Waals surface area contributed by atoms with Crippen LogP contribution >= 0.6 is 0 Å². The van der Waals surface area contributed by atoms with Crippen molar-refractivity contribution in [3.05, 3.63) is 60.3 Å². The average molecular weight is 386 g/mol. The monoisotopic (exact) mass is 386 g/mol. The summed E-state index contributed by atoms with van der Waals surface area (Å²) in [4.78, 5) is 23.7.